The molecule has 1 amide bonds. The lowest BCUT2D eigenvalue weighted by Gasteiger charge is -2.33. The summed E-state index contributed by atoms with van der Waals surface area (Å²) in [6.07, 6.45) is -3.02. The van der Waals surface area contributed by atoms with E-state index < -0.39 is 17.5 Å². The first-order chi connectivity index (χ1) is 5.94. The van der Waals surface area contributed by atoms with E-state index in [2.05, 4.69) is 5.32 Å². The highest BCUT2D eigenvalue weighted by atomic mass is 19.4. The van der Waals surface area contributed by atoms with Crippen LogP contribution in [0, 0.1) is 11.3 Å². The molecule has 2 fully saturated rings. The molecule has 1 spiro atoms. The summed E-state index contributed by atoms with van der Waals surface area (Å²) < 4.78 is 37.4. The lowest BCUT2D eigenvalue weighted by Crippen LogP contribution is -2.48. The highest BCUT2D eigenvalue weighted by Gasteiger charge is 2.61. The van der Waals surface area contributed by atoms with Gasteiger partial charge in [0.25, 0.3) is 0 Å². The molecule has 1 aliphatic carbocycles. The normalized spacial score (nSPS) is 31.6. The average Bonchev–Trinajstić information content (AvgIpc) is 2.66. The van der Waals surface area contributed by atoms with Crippen LogP contribution in [0.5, 0.6) is 0 Å². The summed E-state index contributed by atoms with van der Waals surface area (Å²) in [6, 6.07) is 0. The van der Waals surface area contributed by atoms with E-state index in [1.165, 1.54) is 0 Å². The van der Waals surface area contributed by atoms with Gasteiger partial charge in [-0.25, -0.2) is 0 Å². The monoisotopic (exact) mass is 193 g/mol. The maximum absolute atomic E-state index is 12.5. The Labute approximate surface area is 73.5 Å². The second-order valence-corrected chi connectivity index (χ2v) is 3.94. The number of hydrogen-bond donors (Lipinski definition) is 1. The lowest BCUT2D eigenvalue weighted by molar-refractivity contribution is -0.197. The van der Waals surface area contributed by atoms with E-state index in [0.29, 0.717) is 12.8 Å². The molecule has 1 unspecified atom stereocenters. The zero-order valence-corrected chi connectivity index (χ0v) is 6.95. The summed E-state index contributed by atoms with van der Waals surface area (Å²) in [5.74, 6) is -1.56. The van der Waals surface area contributed by atoms with Crippen LogP contribution >= 0.6 is 0 Å². The summed E-state index contributed by atoms with van der Waals surface area (Å²) in [7, 11) is 0. The number of rotatable bonds is 0. The number of carbonyl (C=O) groups is 1. The number of amides is 1. The quantitative estimate of drug-likeness (QED) is 0.620. The summed E-state index contributed by atoms with van der Waals surface area (Å²) in [5, 5.41) is 2.28. The van der Waals surface area contributed by atoms with Crippen molar-refractivity contribution in [1.29, 1.82) is 0 Å². The second kappa shape index (κ2) is 2.39. The molecular weight excluding hydrogens is 183 g/mol. The number of piperidine rings is 1. The van der Waals surface area contributed by atoms with Crippen molar-refractivity contribution in [3.63, 3.8) is 0 Å². The standard InChI is InChI=1S/C8H10F3NO/c9-8(10,11)5-4-12-6(13)3-7(5)1-2-7/h5H,1-4H2,(H,12,13). The molecule has 2 nitrogen and oxygen atoms in total. The molecule has 2 aliphatic rings. The van der Waals surface area contributed by atoms with Crippen LogP contribution in [0.4, 0.5) is 13.2 Å². The van der Waals surface area contributed by atoms with Crippen molar-refractivity contribution >= 4 is 5.91 Å². The van der Waals surface area contributed by atoms with E-state index in [0.717, 1.165) is 0 Å². The van der Waals surface area contributed by atoms with Crippen LogP contribution in [0.1, 0.15) is 19.3 Å². The SMILES string of the molecule is O=C1CC2(CC2)C(C(F)(F)F)CN1. The Morgan fingerprint density at radius 2 is 2.00 bits per heavy atom. The van der Waals surface area contributed by atoms with E-state index in [1.807, 2.05) is 0 Å². The predicted octanol–water partition coefficient (Wildman–Crippen LogP) is 1.47. The molecular formula is C8H10F3NO. The fraction of sp³-hybridized carbons (Fsp3) is 0.875. The first kappa shape index (κ1) is 8.84. The Morgan fingerprint density at radius 3 is 2.46 bits per heavy atom. The van der Waals surface area contributed by atoms with Gasteiger partial charge in [-0.05, 0) is 18.3 Å². The van der Waals surface area contributed by atoms with Gasteiger partial charge in [0.1, 0.15) is 0 Å². The van der Waals surface area contributed by atoms with Crippen molar-refractivity contribution < 1.29 is 18.0 Å². The van der Waals surface area contributed by atoms with E-state index in [9.17, 15) is 18.0 Å². The average molecular weight is 193 g/mol. The highest BCUT2D eigenvalue weighted by Crippen LogP contribution is 2.60. The Kier molecular flexibility index (Phi) is 1.63. The van der Waals surface area contributed by atoms with E-state index in [4.69, 9.17) is 0 Å². The molecule has 1 aliphatic heterocycles. The fourth-order valence-corrected chi connectivity index (χ4v) is 2.09. The molecule has 1 heterocycles. The summed E-state index contributed by atoms with van der Waals surface area (Å²) >= 11 is 0. The molecule has 1 N–H and O–H groups in total. The van der Waals surface area contributed by atoms with Gasteiger partial charge in [0.15, 0.2) is 0 Å². The van der Waals surface area contributed by atoms with Crippen LogP contribution in [-0.2, 0) is 4.79 Å². The third-order valence-electron chi connectivity index (χ3n) is 3.04. The van der Waals surface area contributed by atoms with Gasteiger partial charge in [-0.3, -0.25) is 4.79 Å². The minimum Gasteiger partial charge on any atom is -0.355 e. The molecule has 74 valence electrons. The topological polar surface area (TPSA) is 29.1 Å². The fourth-order valence-electron chi connectivity index (χ4n) is 2.09. The van der Waals surface area contributed by atoms with Gasteiger partial charge >= 0.3 is 6.18 Å². The number of alkyl halides is 3. The van der Waals surface area contributed by atoms with Crippen LogP contribution in [0.2, 0.25) is 0 Å². The zero-order valence-electron chi connectivity index (χ0n) is 6.95. The molecule has 1 atom stereocenters. The van der Waals surface area contributed by atoms with Crippen molar-refractivity contribution in [1.82, 2.24) is 5.32 Å². The van der Waals surface area contributed by atoms with Crippen molar-refractivity contribution in [3.8, 4) is 0 Å². The second-order valence-electron chi connectivity index (χ2n) is 3.94. The first-order valence-electron chi connectivity index (χ1n) is 4.27. The van der Waals surface area contributed by atoms with Crippen LogP contribution in [0.15, 0.2) is 0 Å². The number of hydrogen-bond acceptors (Lipinski definition) is 1. The molecule has 0 radical (unpaired) electrons. The number of halogens is 3. The predicted molar refractivity (Wildman–Crippen MR) is 38.8 cm³/mol. The lowest BCUT2D eigenvalue weighted by atomic mass is 9.82. The van der Waals surface area contributed by atoms with E-state index in [-0.39, 0.29) is 18.9 Å². The van der Waals surface area contributed by atoms with Gasteiger partial charge in [-0.15, -0.1) is 0 Å². The Morgan fingerprint density at radius 1 is 1.38 bits per heavy atom. The third-order valence-corrected chi connectivity index (χ3v) is 3.04. The van der Waals surface area contributed by atoms with Crippen molar-refractivity contribution in [2.45, 2.75) is 25.4 Å². The number of nitrogens with one attached hydrogen (secondary N) is 1. The van der Waals surface area contributed by atoms with Crippen LogP contribution < -0.4 is 5.32 Å². The summed E-state index contributed by atoms with van der Waals surface area (Å²) in [6.45, 7) is -0.234. The highest BCUT2D eigenvalue weighted by molar-refractivity contribution is 5.78. The molecule has 1 saturated carbocycles. The molecule has 1 saturated heterocycles. The first-order valence-corrected chi connectivity index (χ1v) is 4.27. The zero-order chi connectivity index (χ0) is 9.69. The number of carbonyl (C=O) groups excluding carboxylic acids is 1. The van der Waals surface area contributed by atoms with E-state index in [1.54, 1.807) is 0 Å². The van der Waals surface area contributed by atoms with Crippen LogP contribution in [0.25, 0.3) is 0 Å². The van der Waals surface area contributed by atoms with Gasteiger partial charge in [-0.1, -0.05) is 0 Å². The summed E-state index contributed by atoms with van der Waals surface area (Å²) in [5.41, 5.74) is -0.736. The Balaban J connectivity index is 2.16. The Hall–Kier alpha value is -0.740. The van der Waals surface area contributed by atoms with Crippen molar-refractivity contribution in [3.05, 3.63) is 0 Å². The molecule has 0 aromatic rings. The van der Waals surface area contributed by atoms with Crippen LogP contribution in [0.3, 0.4) is 0 Å². The van der Waals surface area contributed by atoms with Crippen LogP contribution in [-0.4, -0.2) is 18.6 Å². The van der Waals surface area contributed by atoms with Crippen molar-refractivity contribution in [2.75, 3.05) is 6.54 Å². The molecule has 2 rings (SSSR count). The van der Waals surface area contributed by atoms with Gasteiger partial charge < -0.3 is 5.32 Å². The smallest absolute Gasteiger partial charge is 0.355 e. The molecule has 0 aromatic heterocycles. The third kappa shape index (κ3) is 1.40. The summed E-state index contributed by atoms with van der Waals surface area (Å²) in [4.78, 5) is 10.9. The minimum atomic E-state index is -4.16. The Bertz CT molecular complexity index is 244. The maximum Gasteiger partial charge on any atom is 0.394 e. The van der Waals surface area contributed by atoms with Gasteiger partial charge in [-0.2, -0.15) is 13.2 Å². The van der Waals surface area contributed by atoms with Gasteiger partial charge in [0.05, 0.1) is 5.92 Å². The largest absolute Gasteiger partial charge is 0.394 e. The minimum absolute atomic E-state index is 0.0528. The van der Waals surface area contributed by atoms with E-state index >= 15 is 0 Å². The van der Waals surface area contributed by atoms with Gasteiger partial charge in [0.2, 0.25) is 5.91 Å². The van der Waals surface area contributed by atoms with Crippen molar-refractivity contribution in [2.24, 2.45) is 11.3 Å². The van der Waals surface area contributed by atoms with Gasteiger partial charge in [0, 0.05) is 13.0 Å². The molecule has 0 aromatic carbocycles. The molecule has 0 bridgehead atoms. The molecule has 5 heteroatoms. The molecule has 13 heavy (non-hydrogen) atoms. The maximum atomic E-state index is 12.5.